The van der Waals surface area contributed by atoms with Gasteiger partial charge < -0.3 is 0 Å². The molecule has 1 fully saturated rings. The molecule has 0 N–H and O–H groups in total. The van der Waals surface area contributed by atoms with E-state index in [4.69, 9.17) is 0 Å². The van der Waals surface area contributed by atoms with Crippen LogP contribution in [0.1, 0.15) is 40.0 Å². The van der Waals surface area contributed by atoms with Gasteiger partial charge in [-0.2, -0.15) is 4.31 Å². The number of sulfonamides is 1. The van der Waals surface area contributed by atoms with Gasteiger partial charge in [0, 0.05) is 12.6 Å². The Hall–Kier alpha value is -0.0900. The molecule has 0 amide bonds. The minimum absolute atomic E-state index is 0.207. The lowest BCUT2D eigenvalue weighted by atomic mass is 10.1. The Morgan fingerprint density at radius 2 is 1.77 bits per heavy atom. The Morgan fingerprint density at radius 1 is 1.23 bits per heavy atom. The number of rotatable bonds is 1. The molecule has 0 spiro atoms. The normalized spacial score (nSPS) is 24.8. The molecular formula is C9H21NO2S. The fraction of sp³-hybridized carbons (Fsp3) is 1.00. The van der Waals surface area contributed by atoms with E-state index in [1.807, 2.05) is 20.8 Å². The molecule has 0 saturated carbocycles. The van der Waals surface area contributed by atoms with E-state index >= 15 is 0 Å². The predicted octanol–water partition coefficient (Wildman–Crippen LogP) is 1.85. The average Bonchev–Trinajstić information content (AvgIpc) is 2.07. The van der Waals surface area contributed by atoms with Crippen molar-refractivity contribution in [1.29, 1.82) is 0 Å². The van der Waals surface area contributed by atoms with Crippen molar-refractivity contribution < 1.29 is 8.42 Å². The number of hydrogen-bond acceptors (Lipinski definition) is 2. The standard InChI is InChI=1S/C7H15NO2S.C2H6/c1-7-5-3-4-6-8(7)11(2,9)10;1-2/h7H,3-6H2,1-2H3;1-2H3. The van der Waals surface area contributed by atoms with Crippen LogP contribution in [0.3, 0.4) is 0 Å². The first-order valence-electron chi connectivity index (χ1n) is 4.98. The Labute approximate surface area is 82.2 Å². The van der Waals surface area contributed by atoms with Crippen molar-refractivity contribution in [3.8, 4) is 0 Å². The molecule has 0 aromatic heterocycles. The Balaban J connectivity index is 0.000000671. The van der Waals surface area contributed by atoms with Crippen molar-refractivity contribution >= 4 is 10.0 Å². The lowest BCUT2D eigenvalue weighted by Crippen LogP contribution is -2.41. The molecular weight excluding hydrogens is 186 g/mol. The van der Waals surface area contributed by atoms with Crippen LogP contribution in [0.2, 0.25) is 0 Å². The first-order valence-corrected chi connectivity index (χ1v) is 6.83. The first-order chi connectivity index (χ1) is 6.02. The first kappa shape index (κ1) is 12.9. The highest BCUT2D eigenvalue weighted by molar-refractivity contribution is 7.88. The van der Waals surface area contributed by atoms with Gasteiger partial charge in [-0.15, -0.1) is 0 Å². The third kappa shape index (κ3) is 4.09. The topological polar surface area (TPSA) is 37.4 Å². The Bertz CT molecular complexity index is 224. The van der Waals surface area contributed by atoms with Crippen LogP contribution >= 0.6 is 0 Å². The molecule has 1 aliphatic rings. The van der Waals surface area contributed by atoms with E-state index in [0.717, 1.165) is 19.3 Å². The molecule has 1 rings (SSSR count). The van der Waals surface area contributed by atoms with Crippen LogP contribution in [0, 0.1) is 0 Å². The smallest absolute Gasteiger partial charge is 0.211 e. The second kappa shape index (κ2) is 5.60. The number of piperidine rings is 1. The second-order valence-corrected chi connectivity index (χ2v) is 5.15. The summed E-state index contributed by atoms with van der Waals surface area (Å²) in [5, 5.41) is 0. The Kier molecular flexibility index (Phi) is 5.56. The van der Waals surface area contributed by atoms with E-state index in [9.17, 15) is 8.42 Å². The van der Waals surface area contributed by atoms with E-state index in [2.05, 4.69) is 0 Å². The molecule has 0 radical (unpaired) electrons. The summed E-state index contributed by atoms with van der Waals surface area (Å²) in [5.41, 5.74) is 0. The summed E-state index contributed by atoms with van der Waals surface area (Å²) in [6.07, 6.45) is 4.46. The van der Waals surface area contributed by atoms with E-state index in [0.29, 0.717) is 6.54 Å². The van der Waals surface area contributed by atoms with Gasteiger partial charge in [-0.25, -0.2) is 8.42 Å². The summed E-state index contributed by atoms with van der Waals surface area (Å²) in [4.78, 5) is 0. The van der Waals surface area contributed by atoms with E-state index in [-0.39, 0.29) is 6.04 Å². The molecule has 0 bridgehead atoms. The quantitative estimate of drug-likeness (QED) is 0.658. The molecule has 1 unspecified atom stereocenters. The maximum absolute atomic E-state index is 11.1. The zero-order valence-electron chi connectivity index (χ0n) is 9.08. The zero-order chi connectivity index (χ0) is 10.5. The maximum Gasteiger partial charge on any atom is 0.211 e. The molecule has 13 heavy (non-hydrogen) atoms. The largest absolute Gasteiger partial charge is 0.212 e. The van der Waals surface area contributed by atoms with Gasteiger partial charge >= 0.3 is 0 Å². The summed E-state index contributed by atoms with van der Waals surface area (Å²) in [6.45, 7) is 6.68. The summed E-state index contributed by atoms with van der Waals surface area (Å²) >= 11 is 0. The van der Waals surface area contributed by atoms with Crippen molar-refractivity contribution in [2.24, 2.45) is 0 Å². The fourth-order valence-corrected chi connectivity index (χ4v) is 2.78. The van der Waals surface area contributed by atoms with Crippen molar-refractivity contribution in [3.05, 3.63) is 0 Å². The molecule has 1 saturated heterocycles. The number of nitrogens with zero attached hydrogens (tertiary/aromatic N) is 1. The van der Waals surface area contributed by atoms with Gasteiger partial charge in [0.1, 0.15) is 0 Å². The van der Waals surface area contributed by atoms with Crippen LogP contribution in [-0.4, -0.2) is 31.6 Å². The molecule has 1 aliphatic heterocycles. The third-order valence-electron chi connectivity index (χ3n) is 2.17. The summed E-state index contributed by atoms with van der Waals surface area (Å²) in [7, 11) is -2.94. The monoisotopic (exact) mass is 207 g/mol. The van der Waals surface area contributed by atoms with E-state index in [1.165, 1.54) is 6.26 Å². The third-order valence-corrected chi connectivity index (χ3v) is 3.56. The van der Waals surface area contributed by atoms with Crippen LogP contribution in [0.5, 0.6) is 0 Å². The minimum Gasteiger partial charge on any atom is -0.212 e. The van der Waals surface area contributed by atoms with Crippen molar-refractivity contribution in [3.63, 3.8) is 0 Å². The SMILES string of the molecule is CC.CC1CCCCN1S(C)(=O)=O. The summed E-state index contributed by atoms with van der Waals surface area (Å²) in [5.74, 6) is 0. The molecule has 80 valence electrons. The van der Waals surface area contributed by atoms with Gasteiger partial charge in [0.25, 0.3) is 0 Å². The average molecular weight is 207 g/mol. The summed E-state index contributed by atoms with van der Waals surface area (Å²) < 4.78 is 23.8. The lowest BCUT2D eigenvalue weighted by Gasteiger charge is -2.30. The Morgan fingerprint density at radius 3 is 2.08 bits per heavy atom. The highest BCUT2D eigenvalue weighted by Crippen LogP contribution is 2.18. The van der Waals surface area contributed by atoms with Crippen LogP contribution in [0.15, 0.2) is 0 Å². The van der Waals surface area contributed by atoms with Gasteiger partial charge in [-0.05, 0) is 19.8 Å². The molecule has 1 heterocycles. The van der Waals surface area contributed by atoms with Crippen LogP contribution in [-0.2, 0) is 10.0 Å². The predicted molar refractivity (Wildman–Crippen MR) is 56.2 cm³/mol. The molecule has 0 aromatic rings. The lowest BCUT2D eigenvalue weighted by molar-refractivity contribution is 0.270. The maximum atomic E-state index is 11.1. The van der Waals surface area contributed by atoms with Crippen molar-refractivity contribution in [2.45, 2.75) is 46.1 Å². The molecule has 0 aromatic carbocycles. The van der Waals surface area contributed by atoms with Crippen molar-refractivity contribution in [1.82, 2.24) is 4.31 Å². The molecule has 0 aliphatic carbocycles. The van der Waals surface area contributed by atoms with Gasteiger partial charge in [0.15, 0.2) is 0 Å². The summed E-state index contributed by atoms with van der Waals surface area (Å²) in [6, 6.07) is 0.207. The molecule has 3 nitrogen and oxygen atoms in total. The van der Waals surface area contributed by atoms with Crippen LogP contribution in [0.25, 0.3) is 0 Å². The minimum atomic E-state index is -2.94. The van der Waals surface area contributed by atoms with Crippen LogP contribution in [0.4, 0.5) is 0 Å². The fourth-order valence-electron chi connectivity index (χ4n) is 1.56. The van der Waals surface area contributed by atoms with Crippen LogP contribution < -0.4 is 0 Å². The van der Waals surface area contributed by atoms with Gasteiger partial charge in [-0.1, -0.05) is 20.3 Å². The number of hydrogen-bond donors (Lipinski definition) is 0. The van der Waals surface area contributed by atoms with Gasteiger partial charge in [0.2, 0.25) is 10.0 Å². The molecule has 1 atom stereocenters. The van der Waals surface area contributed by atoms with Gasteiger partial charge in [0.05, 0.1) is 6.26 Å². The van der Waals surface area contributed by atoms with Gasteiger partial charge in [-0.3, -0.25) is 0 Å². The second-order valence-electron chi connectivity index (χ2n) is 3.22. The highest BCUT2D eigenvalue weighted by Gasteiger charge is 2.25. The highest BCUT2D eigenvalue weighted by atomic mass is 32.2. The molecule has 4 heteroatoms. The van der Waals surface area contributed by atoms with E-state index < -0.39 is 10.0 Å². The van der Waals surface area contributed by atoms with Crippen molar-refractivity contribution in [2.75, 3.05) is 12.8 Å². The van der Waals surface area contributed by atoms with E-state index in [1.54, 1.807) is 4.31 Å². The zero-order valence-corrected chi connectivity index (χ0v) is 9.89.